The average molecular weight is 152 g/mol. The molecule has 0 atom stereocenters. The minimum absolute atomic E-state index is 0. The Labute approximate surface area is 82.4 Å². The molecule has 1 aliphatic rings. The van der Waals surface area contributed by atoms with Crippen LogP contribution in [0.4, 0.5) is 4.79 Å². The quantitative estimate of drug-likeness (QED) is 0.419. The van der Waals surface area contributed by atoms with Crippen molar-refractivity contribution in [3.63, 3.8) is 0 Å². The van der Waals surface area contributed by atoms with Gasteiger partial charge in [0.05, 0.1) is 0 Å². The van der Waals surface area contributed by atoms with Crippen LogP contribution in [0.1, 0.15) is 0 Å². The molecule has 4 nitrogen and oxygen atoms in total. The average Bonchev–Trinajstić information content (AvgIpc) is 1.90. The maximum absolute atomic E-state index is 10.5. The van der Waals surface area contributed by atoms with E-state index in [9.17, 15) is 4.79 Å². The molecular formula is C5H11N3NaO. The largest absolute Gasteiger partial charge is 0.351 e. The van der Waals surface area contributed by atoms with Crippen LogP contribution < -0.4 is 11.1 Å². The van der Waals surface area contributed by atoms with Crippen LogP contribution in [0, 0.1) is 0 Å². The molecule has 0 aromatic rings. The van der Waals surface area contributed by atoms with Gasteiger partial charge in [0.15, 0.2) is 0 Å². The normalized spacial score (nSPS) is 17.8. The van der Waals surface area contributed by atoms with Gasteiger partial charge < -0.3 is 16.0 Å². The molecular weight excluding hydrogens is 141 g/mol. The topological polar surface area (TPSA) is 58.4 Å². The van der Waals surface area contributed by atoms with Crippen LogP contribution in [0.15, 0.2) is 0 Å². The van der Waals surface area contributed by atoms with Gasteiger partial charge in [0.25, 0.3) is 0 Å². The molecule has 53 valence electrons. The zero-order valence-corrected chi connectivity index (χ0v) is 8.26. The summed E-state index contributed by atoms with van der Waals surface area (Å²) in [5.41, 5.74) is 5.03. The maximum Gasteiger partial charge on any atom is 0.314 e. The Bertz CT molecular complexity index is 113. The third-order valence-electron chi connectivity index (χ3n) is 1.43. The first kappa shape index (κ1) is 10.2. The molecule has 5 heteroatoms. The fourth-order valence-electron chi connectivity index (χ4n) is 0.885. The Morgan fingerprint density at radius 1 is 1.40 bits per heavy atom. The molecule has 2 amide bonds. The number of hydrogen-bond donors (Lipinski definition) is 2. The zero-order chi connectivity index (χ0) is 6.69. The van der Waals surface area contributed by atoms with Gasteiger partial charge in [-0.3, -0.25) is 0 Å². The number of piperazine rings is 1. The van der Waals surface area contributed by atoms with Crippen molar-refractivity contribution >= 4 is 35.6 Å². The van der Waals surface area contributed by atoms with E-state index in [1.807, 2.05) is 0 Å². The summed E-state index contributed by atoms with van der Waals surface area (Å²) >= 11 is 0. The summed E-state index contributed by atoms with van der Waals surface area (Å²) < 4.78 is 0. The number of carbonyl (C=O) groups is 1. The number of primary amides is 1. The molecule has 0 aliphatic carbocycles. The Kier molecular flexibility index (Phi) is 5.07. The van der Waals surface area contributed by atoms with Crippen molar-refractivity contribution in [1.82, 2.24) is 10.2 Å². The minimum atomic E-state index is -0.309. The maximum atomic E-state index is 10.5. The van der Waals surface area contributed by atoms with E-state index in [2.05, 4.69) is 5.32 Å². The number of rotatable bonds is 0. The van der Waals surface area contributed by atoms with Gasteiger partial charge in [0, 0.05) is 55.7 Å². The van der Waals surface area contributed by atoms with Gasteiger partial charge in [-0.25, -0.2) is 4.79 Å². The smallest absolute Gasteiger partial charge is 0.314 e. The van der Waals surface area contributed by atoms with Gasteiger partial charge in [-0.15, -0.1) is 0 Å². The van der Waals surface area contributed by atoms with Crippen molar-refractivity contribution in [2.75, 3.05) is 26.2 Å². The number of carbonyl (C=O) groups excluding carboxylic acids is 1. The summed E-state index contributed by atoms with van der Waals surface area (Å²) in [6.45, 7) is 3.22. The third kappa shape index (κ3) is 2.88. The fraction of sp³-hybridized carbons (Fsp3) is 0.800. The molecule has 0 saturated carbocycles. The number of nitrogens with two attached hydrogens (primary N) is 1. The SMILES string of the molecule is NC(=O)N1CCNCC1.[Na]. The monoisotopic (exact) mass is 152 g/mol. The van der Waals surface area contributed by atoms with E-state index >= 15 is 0 Å². The molecule has 0 bridgehead atoms. The molecule has 1 heterocycles. The summed E-state index contributed by atoms with van der Waals surface area (Å²) in [4.78, 5) is 12.1. The fourth-order valence-corrected chi connectivity index (χ4v) is 0.885. The predicted octanol–water partition coefficient (Wildman–Crippen LogP) is -1.41. The summed E-state index contributed by atoms with van der Waals surface area (Å²) in [5.74, 6) is 0. The molecule has 1 aliphatic heterocycles. The van der Waals surface area contributed by atoms with Crippen LogP contribution in [0.25, 0.3) is 0 Å². The molecule has 1 fully saturated rings. The number of nitrogens with zero attached hydrogens (tertiary/aromatic N) is 1. The molecule has 1 rings (SSSR count). The molecule has 3 N–H and O–H groups in total. The van der Waals surface area contributed by atoms with E-state index in [1.165, 1.54) is 0 Å². The number of amides is 2. The van der Waals surface area contributed by atoms with E-state index in [-0.39, 0.29) is 35.6 Å². The minimum Gasteiger partial charge on any atom is -0.351 e. The first-order valence-corrected chi connectivity index (χ1v) is 3.06. The van der Waals surface area contributed by atoms with E-state index in [0.717, 1.165) is 26.2 Å². The van der Waals surface area contributed by atoms with Crippen LogP contribution in [0.5, 0.6) is 0 Å². The van der Waals surface area contributed by atoms with Gasteiger partial charge in [-0.2, -0.15) is 0 Å². The van der Waals surface area contributed by atoms with Crippen molar-refractivity contribution in [3.8, 4) is 0 Å². The van der Waals surface area contributed by atoms with Crippen LogP contribution in [-0.2, 0) is 0 Å². The summed E-state index contributed by atoms with van der Waals surface area (Å²) in [5, 5.41) is 3.12. The number of hydrogen-bond acceptors (Lipinski definition) is 2. The van der Waals surface area contributed by atoms with Crippen LogP contribution in [0.3, 0.4) is 0 Å². The van der Waals surface area contributed by atoms with Crippen molar-refractivity contribution in [2.24, 2.45) is 5.73 Å². The van der Waals surface area contributed by atoms with Gasteiger partial charge in [-0.1, -0.05) is 0 Å². The Morgan fingerprint density at radius 2 is 1.90 bits per heavy atom. The summed E-state index contributed by atoms with van der Waals surface area (Å²) in [6.07, 6.45) is 0. The van der Waals surface area contributed by atoms with Gasteiger partial charge in [-0.05, 0) is 0 Å². The molecule has 0 unspecified atom stereocenters. The molecule has 1 saturated heterocycles. The van der Waals surface area contributed by atoms with Crippen molar-refractivity contribution in [2.45, 2.75) is 0 Å². The number of nitrogens with one attached hydrogen (secondary N) is 1. The molecule has 0 aromatic carbocycles. The third-order valence-corrected chi connectivity index (χ3v) is 1.43. The van der Waals surface area contributed by atoms with Crippen molar-refractivity contribution < 1.29 is 4.79 Å². The van der Waals surface area contributed by atoms with Crippen LogP contribution in [-0.4, -0.2) is 66.7 Å². The first-order valence-electron chi connectivity index (χ1n) is 3.06. The van der Waals surface area contributed by atoms with Gasteiger partial charge in [0.1, 0.15) is 0 Å². The van der Waals surface area contributed by atoms with Gasteiger partial charge in [0.2, 0.25) is 0 Å². The van der Waals surface area contributed by atoms with E-state index in [0.29, 0.717) is 0 Å². The van der Waals surface area contributed by atoms with E-state index < -0.39 is 0 Å². The zero-order valence-electron chi connectivity index (χ0n) is 6.26. The Hall–Kier alpha value is 0.230. The second kappa shape index (κ2) is 4.96. The van der Waals surface area contributed by atoms with Crippen molar-refractivity contribution in [1.29, 1.82) is 0 Å². The molecule has 0 aromatic heterocycles. The predicted molar refractivity (Wildman–Crippen MR) is 39.8 cm³/mol. The van der Waals surface area contributed by atoms with E-state index in [4.69, 9.17) is 5.73 Å². The summed E-state index contributed by atoms with van der Waals surface area (Å²) in [6, 6.07) is -0.309. The standard InChI is InChI=1S/C5H11N3O.Na/c6-5(9)8-3-1-7-2-4-8;/h7H,1-4H2,(H2,6,9);. The number of urea groups is 1. The van der Waals surface area contributed by atoms with E-state index in [1.54, 1.807) is 4.90 Å². The van der Waals surface area contributed by atoms with Crippen LogP contribution >= 0.6 is 0 Å². The van der Waals surface area contributed by atoms with Crippen LogP contribution in [0.2, 0.25) is 0 Å². The molecule has 10 heavy (non-hydrogen) atoms. The van der Waals surface area contributed by atoms with Crippen molar-refractivity contribution in [3.05, 3.63) is 0 Å². The molecule has 0 spiro atoms. The molecule has 1 radical (unpaired) electrons. The summed E-state index contributed by atoms with van der Waals surface area (Å²) in [7, 11) is 0. The second-order valence-electron chi connectivity index (χ2n) is 2.08. The second-order valence-corrected chi connectivity index (χ2v) is 2.08. The Balaban J connectivity index is 0.000000810. The first-order chi connectivity index (χ1) is 4.30. The Morgan fingerprint density at radius 3 is 2.20 bits per heavy atom. The van der Waals surface area contributed by atoms with Gasteiger partial charge >= 0.3 is 6.03 Å².